The Morgan fingerprint density at radius 1 is 1.91 bits per heavy atom. The number of dihydropyridines is 1. The van der Waals surface area contributed by atoms with Crippen molar-refractivity contribution in [2.75, 3.05) is 13.7 Å². The minimum Gasteiger partial charge on any atom is -0.466 e. The first kappa shape index (κ1) is 8.70. The second-order valence-electron chi connectivity index (χ2n) is 2.12. The Labute approximate surface area is 78.7 Å². The SMILES string of the molecule is COC(=O)C1=CC(I)C=NC1. The van der Waals surface area contributed by atoms with Crippen molar-refractivity contribution in [3.05, 3.63) is 11.6 Å². The average Bonchev–Trinajstić information content (AvgIpc) is 2.03. The van der Waals surface area contributed by atoms with Crippen molar-refractivity contribution in [3.63, 3.8) is 0 Å². The fraction of sp³-hybridized carbons (Fsp3) is 0.429. The van der Waals surface area contributed by atoms with Crippen LogP contribution in [0.5, 0.6) is 0 Å². The summed E-state index contributed by atoms with van der Waals surface area (Å²) in [7, 11) is 1.38. The van der Waals surface area contributed by atoms with E-state index < -0.39 is 0 Å². The number of hydrogen-bond acceptors (Lipinski definition) is 3. The first-order valence-corrected chi connectivity index (χ1v) is 4.41. The van der Waals surface area contributed by atoms with Crippen LogP contribution in [-0.4, -0.2) is 29.8 Å². The van der Waals surface area contributed by atoms with Gasteiger partial charge in [0, 0.05) is 6.21 Å². The van der Waals surface area contributed by atoms with Crippen molar-refractivity contribution in [3.8, 4) is 0 Å². The number of halogens is 1. The van der Waals surface area contributed by atoms with Crippen LogP contribution in [0.4, 0.5) is 0 Å². The first-order chi connectivity index (χ1) is 5.24. The molecule has 0 aliphatic carbocycles. The van der Waals surface area contributed by atoms with Gasteiger partial charge in [0.05, 0.1) is 23.2 Å². The molecule has 0 amide bonds. The van der Waals surface area contributed by atoms with Crippen molar-refractivity contribution in [2.24, 2.45) is 4.99 Å². The fourth-order valence-corrected chi connectivity index (χ4v) is 1.46. The van der Waals surface area contributed by atoms with Gasteiger partial charge in [0.15, 0.2) is 0 Å². The van der Waals surface area contributed by atoms with Gasteiger partial charge in [-0.3, -0.25) is 4.99 Å². The van der Waals surface area contributed by atoms with Crippen LogP contribution in [0, 0.1) is 0 Å². The van der Waals surface area contributed by atoms with Crippen LogP contribution in [0.2, 0.25) is 0 Å². The Hall–Kier alpha value is -0.390. The molecular weight excluding hydrogens is 257 g/mol. The largest absolute Gasteiger partial charge is 0.466 e. The third-order valence-corrected chi connectivity index (χ3v) is 2.00. The van der Waals surface area contributed by atoms with Crippen LogP contribution in [0.3, 0.4) is 0 Å². The molecule has 0 spiro atoms. The summed E-state index contributed by atoms with van der Waals surface area (Å²) in [4.78, 5) is 15.0. The predicted octanol–water partition coefficient (Wildman–Crippen LogP) is 0.974. The van der Waals surface area contributed by atoms with Crippen molar-refractivity contribution in [1.29, 1.82) is 0 Å². The van der Waals surface area contributed by atoms with Crippen LogP contribution in [0.15, 0.2) is 16.6 Å². The number of methoxy groups -OCH3 is 1. The molecular formula is C7H8INO2. The molecule has 0 radical (unpaired) electrons. The highest BCUT2D eigenvalue weighted by Gasteiger charge is 2.13. The number of ether oxygens (including phenoxy) is 1. The predicted molar refractivity (Wildman–Crippen MR) is 51.3 cm³/mol. The average molecular weight is 265 g/mol. The molecule has 3 nitrogen and oxygen atoms in total. The molecule has 1 unspecified atom stereocenters. The van der Waals surface area contributed by atoms with Crippen molar-refractivity contribution in [1.82, 2.24) is 0 Å². The molecule has 1 rings (SSSR count). The molecule has 1 aliphatic rings. The van der Waals surface area contributed by atoms with E-state index in [1.165, 1.54) is 7.11 Å². The number of esters is 1. The van der Waals surface area contributed by atoms with Crippen LogP contribution >= 0.6 is 22.6 Å². The number of carbonyl (C=O) groups is 1. The highest BCUT2D eigenvalue weighted by atomic mass is 127. The lowest BCUT2D eigenvalue weighted by Crippen LogP contribution is -2.14. The Morgan fingerprint density at radius 2 is 2.64 bits per heavy atom. The van der Waals surface area contributed by atoms with E-state index in [0.29, 0.717) is 12.1 Å². The fourth-order valence-electron chi connectivity index (χ4n) is 0.803. The van der Waals surface area contributed by atoms with E-state index >= 15 is 0 Å². The van der Waals surface area contributed by atoms with Gasteiger partial charge in [-0.2, -0.15) is 0 Å². The third kappa shape index (κ3) is 2.28. The van der Waals surface area contributed by atoms with E-state index in [9.17, 15) is 4.79 Å². The molecule has 11 heavy (non-hydrogen) atoms. The Kier molecular flexibility index (Phi) is 3.04. The zero-order valence-corrected chi connectivity index (χ0v) is 8.24. The van der Waals surface area contributed by atoms with E-state index in [1.54, 1.807) is 0 Å². The van der Waals surface area contributed by atoms with Gasteiger partial charge >= 0.3 is 5.97 Å². The van der Waals surface area contributed by atoms with E-state index in [0.717, 1.165) is 0 Å². The number of hydrogen-bond donors (Lipinski definition) is 0. The summed E-state index contributed by atoms with van der Waals surface area (Å²) >= 11 is 2.19. The van der Waals surface area contributed by atoms with Crippen LogP contribution < -0.4 is 0 Å². The molecule has 1 aliphatic heterocycles. The number of nitrogens with zero attached hydrogens (tertiary/aromatic N) is 1. The maximum Gasteiger partial charge on any atom is 0.335 e. The topological polar surface area (TPSA) is 38.7 Å². The summed E-state index contributed by atoms with van der Waals surface area (Å²) in [5.74, 6) is -0.275. The molecule has 0 N–H and O–H groups in total. The smallest absolute Gasteiger partial charge is 0.335 e. The highest BCUT2D eigenvalue weighted by molar-refractivity contribution is 14.1. The summed E-state index contributed by atoms with van der Waals surface area (Å²) < 4.78 is 4.77. The summed E-state index contributed by atoms with van der Waals surface area (Å²) in [6.45, 7) is 0.451. The Bertz CT molecular complexity index is 222. The van der Waals surface area contributed by atoms with Crippen LogP contribution in [-0.2, 0) is 9.53 Å². The van der Waals surface area contributed by atoms with Crippen LogP contribution in [0.1, 0.15) is 0 Å². The van der Waals surface area contributed by atoms with Gasteiger partial charge in [-0.15, -0.1) is 0 Å². The second kappa shape index (κ2) is 3.85. The number of allylic oxidation sites excluding steroid dienone is 1. The maximum absolute atomic E-state index is 10.9. The van der Waals surface area contributed by atoms with Gasteiger partial charge < -0.3 is 4.74 Å². The lowest BCUT2D eigenvalue weighted by atomic mass is 10.2. The number of carbonyl (C=O) groups excluding carboxylic acids is 1. The summed E-state index contributed by atoms with van der Waals surface area (Å²) in [5.41, 5.74) is 0.648. The maximum atomic E-state index is 10.9. The molecule has 0 saturated heterocycles. The minimum atomic E-state index is -0.275. The molecule has 0 aromatic heterocycles. The summed E-state index contributed by atoms with van der Waals surface area (Å²) in [6, 6.07) is 0. The van der Waals surface area contributed by atoms with Crippen LogP contribution in [0.25, 0.3) is 0 Å². The molecule has 1 heterocycles. The molecule has 0 aromatic carbocycles. The van der Waals surface area contributed by atoms with Gasteiger partial charge in [-0.05, 0) is 0 Å². The van der Waals surface area contributed by atoms with Crippen molar-refractivity contribution >= 4 is 34.8 Å². The molecule has 0 aromatic rings. The van der Waals surface area contributed by atoms with Crippen molar-refractivity contribution < 1.29 is 9.53 Å². The van der Waals surface area contributed by atoms with Gasteiger partial charge in [-0.25, -0.2) is 4.79 Å². The summed E-state index contributed by atoms with van der Waals surface area (Å²) in [5, 5.41) is 0. The number of aliphatic imine (C=N–C) groups is 1. The van der Waals surface area contributed by atoms with Crippen molar-refractivity contribution in [2.45, 2.75) is 3.92 Å². The van der Waals surface area contributed by atoms with Gasteiger partial charge in [0.25, 0.3) is 0 Å². The zero-order valence-electron chi connectivity index (χ0n) is 6.08. The molecule has 1 atom stereocenters. The second-order valence-corrected chi connectivity index (χ2v) is 3.56. The zero-order chi connectivity index (χ0) is 8.27. The van der Waals surface area contributed by atoms with Gasteiger partial charge in [0.1, 0.15) is 0 Å². The lowest BCUT2D eigenvalue weighted by Gasteiger charge is -2.08. The third-order valence-electron chi connectivity index (χ3n) is 1.32. The van der Waals surface area contributed by atoms with E-state index in [1.807, 2.05) is 12.3 Å². The van der Waals surface area contributed by atoms with E-state index in [2.05, 4.69) is 32.3 Å². The molecule has 60 valence electrons. The Balaban J connectivity index is 2.66. The molecule has 0 bridgehead atoms. The van der Waals surface area contributed by atoms with E-state index in [-0.39, 0.29) is 9.89 Å². The molecule has 0 saturated carbocycles. The minimum absolute atomic E-state index is 0.218. The lowest BCUT2D eigenvalue weighted by molar-refractivity contribution is -0.136. The Morgan fingerprint density at radius 3 is 3.18 bits per heavy atom. The standard InChI is InChI=1S/C7H8INO2/c1-11-7(10)5-2-6(8)4-9-3-5/h2,4,6H,3H2,1H3. The molecule has 4 heteroatoms. The number of alkyl halides is 1. The quantitative estimate of drug-likeness (QED) is 0.402. The normalized spacial score (nSPS) is 22.7. The van der Waals surface area contributed by atoms with Gasteiger partial charge in [0.2, 0.25) is 0 Å². The molecule has 0 fully saturated rings. The summed E-state index contributed by atoms with van der Waals surface area (Å²) in [6.07, 6.45) is 3.67. The van der Waals surface area contributed by atoms with Gasteiger partial charge in [-0.1, -0.05) is 28.7 Å². The monoisotopic (exact) mass is 265 g/mol. The first-order valence-electron chi connectivity index (χ1n) is 3.17. The highest BCUT2D eigenvalue weighted by Crippen LogP contribution is 2.10. The van der Waals surface area contributed by atoms with E-state index in [4.69, 9.17) is 0 Å². The number of rotatable bonds is 1.